The van der Waals surface area contributed by atoms with Crippen molar-refractivity contribution >= 4 is 16.9 Å². The lowest BCUT2D eigenvalue weighted by Crippen LogP contribution is -2.26. The van der Waals surface area contributed by atoms with Crippen LogP contribution in [-0.2, 0) is 6.42 Å². The van der Waals surface area contributed by atoms with Gasteiger partial charge < -0.3 is 14.5 Å². The zero-order valence-corrected chi connectivity index (χ0v) is 18.8. The average Bonchev–Trinajstić information content (AvgIpc) is 3.46. The molecule has 2 aromatic heterocycles. The number of alkyl halides is 3. The number of aryl methyl sites for hydroxylation is 2. The van der Waals surface area contributed by atoms with Crippen LogP contribution in [0.15, 0.2) is 22.6 Å². The summed E-state index contributed by atoms with van der Waals surface area (Å²) in [5.41, 5.74) is 2.92. The first kappa shape index (κ1) is 23.3. The zero-order valence-electron chi connectivity index (χ0n) is 18.8. The molecule has 0 spiro atoms. The van der Waals surface area contributed by atoms with Crippen molar-refractivity contribution in [3.63, 3.8) is 0 Å². The van der Waals surface area contributed by atoms with Gasteiger partial charge in [-0.25, -0.2) is 4.98 Å². The van der Waals surface area contributed by atoms with Crippen molar-refractivity contribution in [1.82, 2.24) is 20.1 Å². The number of rotatable bonds is 9. The maximum atomic E-state index is 12.7. The predicted molar refractivity (Wildman–Crippen MR) is 119 cm³/mol. The summed E-state index contributed by atoms with van der Waals surface area (Å²) in [6.07, 6.45) is 0.505. The highest BCUT2D eigenvalue weighted by Crippen LogP contribution is 2.32. The minimum atomic E-state index is -4.39. The number of anilines is 1. The maximum Gasteiger partial charge on any atom is 0.422 e. The molecule has 7 nitrogen and oxygen atoms in total. The topological polar surface area (TPSA) is 76.3 Å². The van der Waals surface area contributed by atoms with Crippen molar-refractivity contribution < 1.29 is 22.3 Å². The summed E-state index contributed by atoms with van der Waals surface area (Å²) in [7, 11) is 0. The molecule has 10 heteroatoms. The van der Waals surface area contributed by atoms with Crippen LogP contribution in [0.4, 0.5) is 19.2 Å². The molecular weight excluding hydrogens is 435 g/mol. The molecule has 0 bridgehead atoms. The molecule has 1 aromatic carbocycles. The van der Waals surface area contributed by atoms with E-state index in [4.69, 9.17) is 14.1 Å². The largest absolute Gasteiger partial charge is 0.484 e. The maximum absolute atomic E-state index is 12.7. The summed E-state index contributed by atoms with van der Waals surface area (Å²) in [4.78, 5) is 7.03. The van der Waals surface area contributed by atoms with Crippen LogP contribution in [0.1, 0.15) is 43.7 Å². The number of nitrogens with zero attached hydrogens (tertiary/aromatic N) is 4. The monoisotopic (exact) mass is 463 g/mol. The Labute approximate surface area is 190 Å². The molecule has 0 amide bonds. The van der Waals surface area contributed by atoms with Gasteiger partial charge in [0.25, 0.3) is 5.89 Å². The Balaban J connectivity index is 1.62. The van der Waals surface area contributed by atoms with Crippen LogP contribution in [0.2, 0.25) is 0 Å². The Morgan fingerprint density at radius 1 is 1.15 bits per heavy atom. The molecule has 0 aliphatic carbocycles. The Kier molecular flexibility index (Phi) is 7.02. The molecular formula is C23H28F3N5O2. The van der Waals surface area contributed by atoms with E-state index in [1.165, 1.54) is 12.8 Å². The summed E-state index contributed by atoms with van der Waals surface area (Å²) in [5, 5.41) is 12.1. The number of hydrogen-bond acceptors (Lipinski definition) is 7. The first-order valence-electron chi connectivity index (χ1n) is 11.3. The van der Waals surface area contributed by atoms with Gasteiger partial charge in [-0.15, -0.1) is 5.10 Å². The van der Waals surface area contributed by atoms with Gasteiger partial charge in [-0.3, -0.25) is 4.90 Å². The minimum absolute atomic E-state index is 0.190. The fourth-order valence-corrected chi connectivity index (χ4v) is 3.97. The summed E-state index contributed by atoms with van der Waals surface area (Å²) < 4.78 is 48.8. The summed E-state index contributed by atoms with van der Waals surface area (Å²) >= 11 is 0. The van der Waals surface area contributed by atoms with Gasteiger partial charge in [0.2, 0.25) is 0 Å². The van der Waals surface area contributed by atoms with E-state index in [1.54, 1.807) is 18.2 Å². The van der Waals surface area contributed by atoms with Gasteiger partial charge in [-0.1, -0.05) is 18.4 Å². The van der Waals surface area contributed by atoms with Gasteiger partial charge in [0.15, 0.2) is 6.61 Å². The van der Waals surface area contributed by atoms with Crippen molar-refractivity contribution in [3.05, 3.63) is 29.3 Å². The number of nitrogens with one attached hydrogen (secondary N) is 1. The van der Waals surface area contributed by atoms with Crippen molar-refractivity contribution in [2.45, 2.75) is 52.1 Å². The molecule has 33 heavy (non-hydrogen) atoms. The van der Waals surface area contributed by atoms with E-state index in [1.807, 2.05) is 6.92 Å². The Morgan fingerprint density at radius 3 is 2.67 bits per heavy atom. The standard InChI is InChI=1S/C23H28F3N5O2/c1-3-4-7-16-11-17(32-13-23(24,25)26)12-18-15(2)10-19(28-20(16)18)21-29-30-22(33-21)27-14-31-8-5-6-9-31/h10-12H,3-9,13-14H2,1-2H3,(H,27,30). The van der Waals surface area contributed by atoms with Crippen LogP contribution in [0.5, 0.6) is 5.75 Å². The second-order valence-corrected chi connectivity index (χ2v) is 8.38. The van der Waals surface area contributed by atoms with Gasteiger partial charge in [0, 0.05) is 5.39 Å². The number of aromatic nitrogens is 3. The van der Waals surface area contributed by atoms with E-state index in [0.29, 0.717) is 36.2 Å². The smallest absolute Gasteiger partial charge is 0.422 e. The number of pyridine rings is 1. The highest BCUT2D eigenvalue weighted by atomic mass is 19.4. The Bertz CT molecular complexity index is 1090. The predicted octanol–water partition coefficient (Wildman–Crippen LogP) is 5.34. The van der Waals surface area contributed by atoms with Crippen LogP contribution < -0.4 is 10.1 Å². The highest BCUT2D eigenvalue weighted by molar-refractivity contribution is 5.88. The normalized spacial score (nSPS) is 14.8. The third-order valence-corrected chi connectivity index (χ3v) is 5.67. The van der Waals surface area contributed by atoms with Crippen LogP contribution in [-0.4, -0.2) is 52.6 Å². The number of fused-ring (bicyclic) bond motifs is 1. The first-order chi connectivity index (χ1) is 15.8. The molecule has 1 saturated heterocycles. The van der Waals surface area contributed by atoms with E-state index in [0.717, 1.165) is 42.4 Å². The number of benzene rings is 1. The van der Waals surface area contributed by atoms with Crippen molar-refractivity contribution in [2.75, 3.05) is 31.7 Å². The van der Waals surface area contributed by atoms with Crippen molar-refractivity contribution in [2.24, 2.45) is 0 Å². The number of halogens is 3. The minimum Gasteiger partial charge on any atom is -0.484 e. The molecule has 1 fully saturated rings. The molecule has 3 aromatic rings. The molecule has 4 rings (SSSR count). The van der Waals surface area contributed by atoms with E-state index < -0.39 is 12.8 Å². The number of ether oxygens (including phenoxy) is 1. The number of unbranched alkanes of at least 4 members (excludes halogenated alkanes) is 1. The fourth-order valence-electron chi connectivity index (χ4n) is 3.97. The molecule has 0 saturated carbocycles. The first-order valence-corrected chi connectivity index (χ1v) is 11.3. The molecule has 1 N–H and O–H groups in total. The molecule has 1 aliphatic rings. The fraction of sp³-hybridized carbons (Fsp3) is 0.522. The van der Waals surface area contributed by atoms with E-state index in [-0.39, 0.29) is 5.75 Å². The lowest BCUT2D eigenvalue weighted by molar-refractivity contribution is -0.153. The van der Waals surface area contributed by atoms with Crippen LogP contribution in [0.25, 0.3) is 22.5 Å². The van der Waals surface area contributed by atoms with Gasteiger partial charge in [0.05, 0.1) is 12.2 Å². The average molecular weight is 464 g/mol. The summed E-state index contributed by atoms with van der Waals surface area (Å²) in [6.45, 7) is 5.36. The third-order valence-electron chi connectivity index (χ3n) is 5.67. The number of likely N-dealkylation sites (tertiary alicyclic amines) is 1. The molecule has 0 radical (unpaired) electrons. The molecule has 0 atom stereocenters. The quantitative estimate of drug-likeness (QED) is 0.459. The van der Waals surface area contributed by atoms with Gasteiger partial charge in [0.1, 0.15) is 11.4 Å². The lowest BCUT2D eigenvalue weighted by atomic mass is 10.0. The summed E-state index contributed by atoms with van der Waals surface area (Å²) in [6, 6.07) is 5.40. The number of hydrogen-bond donors (Lipinski definition) is 1. The van der Waals surface area contributed by atoms with Gasteiger partial charge in [-0.2, -0.15) is 13.2 Å². The van der Waals surface area contributed by atoms with E-state index in [2.05, 4.69) is 27.3 Å². The van der Waals surface area contributed by atoms with Crippen LogP contribution in [0.3, 0.4) is 0 Å². The van der Waals surface area contributed by atoms with Gasteiger partial charge in [-0.05, 0) is 75.0 Å². The van der Waals surface area contributed by atoms with Gasteiger partial charge >= 0.3 is 12.2 Å². The molecule has 3 heterocycles. The second kappa shape index (κ2) is 9.94. The van der Waals surface area contributed by atoms with Crippen molar-refractivity contribution in [3.8, 4) is 17.3 Å². The van der Waals surface area contributed by atoms with Crippen molar-refractivity contribution in [1.29, 1.82) is 0 Å². The van der Waals surface area contributed by atoms with Crippen LogP contribution in [0, 0.1) is 6.92 Å². The lowest BCUT2D eigenvalue weighted by Gasteiger charge is -2.14. The Morgan fingerprint density at radius 2 is 1.94 bits per heavy atom. The molecule has 0 unspecified atom stereocenters. The molecule has 178 valence electrons. The van der Waals surface area contributed by atoms with Crippen LogP contribution >= 0.6 is 0 Å². The van der Waals surface area contributed by atoms with E-state index >= 15 is 0 Å². The zero-order chi connectivity index (χ0) is 23.4. The SMILES string of the molecule is CCCCc1cc(OCC(F)(F)F)cc2c(C)cc(-c3nnc(NCN4CCCC4)o3)nc12. The molecule has 1 aliphatic heterocycles. The third kappa shape index (κ3) is 5.93. The second-order valence-electron chi connectivity index (χ2n) is 8.38. The highest BCUT2D eigenvalue weighted by Gasteiger charge is 2.28. The Hall–Kier alpha value is -2.88. The van der Waals surface area contributed by atoms with E-state index in [9.17, 15) is 13.2 Å². The summed E-state index contributed by atoms with van der Waals surface area (Å²) in [5.74, 6) is 0.484.